The molecule has 0 spiro atoms. The van der Waals surface area contributed by atoms with Gasteiger partial charge in [0.2, 0.25) is 0 Å². The molecule has 1 aromatic heterocycles. The van der Waals surface area contributed by atoms with E-state index in [1.807, 2.05) is 19.1 Å². The number of rotatable bonds is 8. The molecule has 4 rings (SSSR count). The van der Waals surface area contributed by atoms with Gasteiger partial charge in [-0.3, -0.25) is 14.4 Å². The van der Waals surface area contributed by atoms with Crippen molar-refractivity contribution in [2.75, 3.05) is 24.7 Å². The Kier molecular flexibility index (Phi) is 5.69. The number of amides is 1. The fourth-order valence-corrected chi connectivity index (χ4v) is 3.75. The topological polar surface area (TPSA) is 112 Å². The van der Waals surface area contributed by atoms with Gasteiger partial charge in [0.1, 0.15) is 11.4 Å². The second-order valence-corrected chi connectivity index (χ2v) is 8.34. The van der Waals surface area contributed by atoms with Gasteiger partial charge in [0.15, 0.2) is 11.4 Å². The molecule has 166 valence electrons. The maximum Gasteiger partial charge on any atom is 0.275 e. The first-order valence-corrected chi connectivity index (χ1v) is 10.7. The summed E-state index contributed by atoms with van der Waals surface area (Å²) in [4.78, 5) is 42.1. The van der Waals surface area contributed by atoms with E-state index in [1.54, 1.807) is 14.1 Å². The van der Waals surface area contributed by atoms with Gasteiger partial charge in [0, 0.05) is 20.3 Å². The van der Waals surface area contributed by atoms with Crippen molar-refractivity contribution in [3.63, 3.8) is 0 Å². The number of nitrogens with zero attached hydrogens (tertiary/aromatic N) is 2. The van der Waals surface area contributed by atoms with Gasteiger partial charge in [-0.15, -0.1) is 0 Å². The largest absolute Gasteiger partial charge is 0.504 e. The van der Waals surface area contributed by atoms with Gasteiger partial charge in [-0.25, -0.2) is 4.98 Å². The zero-order chi connectivity index (χ0) is 23.0. The fourth-order valence-electron chi connectivity index (χ4n) is 3.75. The Morgan fingerprint density at radius 1 is 1.19 bits per heavy atom. The molecule has 0 saturated heterocycles. The summed E-state index contributed by atoms with van der Waals surface area (Å²) in [6.07, 6.45) is 4.48. The van der Waals surface area contributed by atoms with Crippen molar-refractivity contribution in [3.8, 4) is 5.75 Å². The van der Waals surface area contributed by atoms with E-state index < -0.39 is 16.8 Å². The van der Waals surface area contributed by atoms with Crippen molar-refractivity contribution in [2.45, 2.75) is 38.1 Å². The minimum Gasteiger partial charge on any atom is -0.504 e. The van der Waals surface area contributed by atoms with E-state index in [0.29, 0.717) is 12.3 Å². The lowest BCUT2D eigenvalue weighted by molar-refractivity contribution is 0.0819. The highest BCUT2D eigenvalue weighted by Gasteiger charge is 2.27. The summed E-state index contributed by atoms with van der Waals surface area (Å²) in [6.45, 7) is 2.01. The maximum atomic E-state index is 12.3. The molecular weight excluding hydrogens is 408 g/mol. The minimum atomic E-state index is -0.675. The van der Waals surface area contributed by atoms with Crippen LogP contribution < -0.4 is 21.5 Å². The standard InChI is InChI=1S/C24H26N4O4/c1-4-16(15-7-5-6-14(12-15)13-8-9-13)26-18-19(23(31)22(18)30)27-17-10-11-25-20(21(17)29)24(32)28(2)3/h5-7,10-13,16,26,29H,4,8-9H2,1-3H3,(H,25,27)/t16-/m1/s1. The predicted octanol–water partition coefficient (Wildman–Crippen LogP) is 3.27. The molecule has 3 N–H and O–H groups in total. The summed E-state index contributed by atoms with van der Waals surface area (Å²) in [5.41, 5.74) is 1.30. The van der Waals surface area contributed by atoms with Crippen molar-refractivity contribution >= 4 is 23.0 Å². The summed E-state index contributed by atoms with van der Waals surface area (Å²) < 4.78 is 0. The van der Waals surface area contributed by atoms with Crippen LogP contribution in [-0.4, -0.2) is 35.0 Å². The summed E-state index contributed by atoms with van der Waals surface area (Å²) in [6, 6.07) is 9.61. The van der Waals surface area contributed by atoms with Crippen molar-refractivity contribution in [2.24, 2.45) is 0 Å². The zero-order valence-corrected chi connectivity index (χ0v) is 18.3. The number of pyridine rings is 1. The predicted molar refractivity (Wildman–Crippen MR) is 124 cm³/mol. The van der Waals surface area contributed by atoms with Gasteiger partial charge in [0.25, 0.3) is 16.8 Å². The van der Waals surface area contributed by atoms with Crippen LogP contribution in [0.5, 0.6) is 5.75 Å². The number of carbonyl (C=O) groups is 1. The van der Waals surface area contributed by atoms with Crippen LogP contribution in [0.15, 0.2) is 46.1 Å². The lowest BCUT2D eigenvalue weighted by Crippen LogP contribution is -2.37. The molecule has 1 amide bonds. The van der Waals surface area contributed by atoms with Crippen molar-refractivity contribution in [1.29, 1.82) is 0 Å². The minimum absolute atomic E-state index is 0.0662. The van der Waals surface area contributed by atoms with E-state index in [-0.39, 0.29) is 34.5 Å². The number of carbonyl (C=O) groups excluding carboxylic acids is 1. The average Bonchev–Trinajstić information content (AvgIpc) is 3.64. The Hall–Kier alpha value is -3.68. The molecule has 8 heteroatoms. The van der Waals surface area contributed by atoms with Crippen molar-refractivity contribution < 1.29 is 9.90 Å². The third kappa shape index (κ3) is 3.95. The van der Waals surface area contributed by atoms with Gasteiger partial charge >= 0.3 is 0 Å². The highest BCUT2D eigenvalue weighted by molar-refractivity contribution is 5.97. The van der Waals surface area contributed by atoms with E-state index in [4.69, 9.17) is 0 Å². The Morgan fingerprint density at radius 2 is 1.91 bits per heavy atom. The number of hydrogen-bond donors (Lipinski definition) is 3. The summed E-state index contributed by atoms with van der Waals surface area (Å²) >= 11 is 0. The molecule has 0 bridgehead atoms. The molecule has 3 aromatic rings. The highest BCUT2D eigenvalue weighted by atomic mass is 16.3. The normalized spacial score (nSPS) is 14.2. The molecule has 1 aliphatic carbocycles. The summed E-state index contributed by atoms with van der Waals surface area (Å²) in [7, 11) is 3.09. The Balaban J connectivity index is 1.60. The molecule has 1 aliphatic rings. The number of hydrogen-bond acceptors (Lipinski definition) is 7. The van der Waals surface area contributed by atoms with Gasteiger partial charge in [-0.2, -0.15) is 0 Å². The van der Waals surface area contributed by atoms with Crippen LogP contribution in [0.4, 0.5) is 17.1 Å². The van der Waals surface area contributed by atoms with E-state index in [1.165, 1.54) is 35.6 Å². The van der Waals surface area contributed by atoms with E-state index >= 15 is 0 Å². The Bertz CT molecular complexity index is 1240. The molecule has 0 radical (unpaired) electrons. The molecule has 32 heavy (non-hydrogen) atoms. The van der Waals surface area contributed by atoms with Crippen LogP contribution in [0.3, 0.4) is 0 Å². The van der Waals surface area contributed by atoms with E-state index in [2.05, 4.69) is 27.8 Å². The molecular formula is C24H26N4O4. The lowest BCUT2D eigenvalue weighted by Gasteiger charge is -2.23. The SMILES string of the molecule is CC[C@@H](Nc1c(Nc2ccnc(C(=O)N(C)C)c2O)c(=O)c1=O)c1cccc(C2CC2)c1. The third-order valence-electron chi connectivity index (χ3n) is 5.79. The first-order chi connectivity index (χ1) is 15.3. The van der Waals surface area contributed by atoms with Crippen molar-refractivity contribution in [3.05, 3.63) is 73.8 Å². The van der Waals surface area contributed by atoms with Crippen LogP contribution in [0.2, 0.25) is 0 Å². The van der Waals surface area contributed by atoms with Crippen LogP contribution in [0, 0.1) is 0 Å². The maximum absolute atomic E-state index is 12.3. The summed E-state index contributed by atoms with van der Waals surface area (Å²) in [5, 5.41) is 16.5. The first-order valence-electron chi connectivity index (χ1n) is 10.7. The Morgan fingerprint density at radius 3 is 2.56 bits per heavy atom. The first kappa shape index (κ1) is 21.5. The van der Waals surface area contributed by atoms with Crippen LogP contribution in [-0.2, 0) is 0 Å². The molecule has 8 nitrogen and oxygen atoms in total. The monoisotopic (exact) mass is 434 g/mol. The third-order valence-corrected chi connectivity index (χ3v) is 5.79. The van der Waals surface area contributed by atoms with Crippen LogP contribution in [0.1, 0.15) is 59.8 Å². The smallest absolute Gasteiger partial charge is 0.275 e. The van der Waals surface area contributed by atoms with Gasteiger partial charge in [-0.1, -0.05) is 31.2 Å². The number of anilines is 3. The van der Waals surface area contributed by atoms with Gasteiger partial charge in [0.05, 0.1) is 11.7 Å². The average molecular weight is 434 g/mol. The second-order valence-electron chi connectivity index (χ2n) is 8.34. The highest BCUT2D eigenvalue weighted by Crippen LogP contribution is 2.41. The second kappa shape index (κ2) is 8.45. The van der Waals surface area contributed by atoms with Crippen LogP contribution in [0.25, 0.3) is 0 Å². The zero-order valence-electron chi connectivity index (χ0n) is 18.3. The molecule has 1 saturated carbocycles. The molecule has 0 aliphatic heterocycles. The molecule has 1 heterocycles. The lowest BCUT2D eigenvalue weighted by atomic mass is 9.99. The fraction of sp³-hybridized carbons (Fsp3) is 0.333. The number of nitrogens with one attached hydrogen (secondary N) is 2. The Labute approximate surface area is 185 Å². The number of benzene rings is 1. The van der Waals surface area contributed by atoms with Crippen molar-refractivity contribution in [1.82, 2.24) is 9.88 Å². The molecule has 1 fully saturated rings. The molecule has 2 aromatic carbocycles. The number of aromatic hydroxyl groups is 1. The van der Waals surface area contributed by atoms with E-state index in [0.717, 1.165) is 5.56 Å². The molecule has 1 atom stereocenters. The van der Waals surface area contributed by atoms with Gasteiger partial charge in [-0.05, 0) is 42.4 Å². The molecule has 0 unspecified atom stereocenters. The summed E-state index contributed by atoms with van der Waals surface area (Å²) in [5.74, 6) is -0.241. The van der Waals surface area contributed by atoms with Crippen LogP contribution >= 0.6 is 0 Å². The van der Waals surface area contributed by atoms with Gasteiger partial charge < -0.3 is 20.6 Å². The quantitative estimate of drug-likeness (QED) is 0.467. The van der Waals surface area contributed by atoms with E-state index in [9.17, 15) is 19.5 Å². The number of aromatic nitrogens is 1.